The second kappa shape index (κ2) is 6.80. The molecule has 0 N–H and O–H groups in total. The average molecular weight is 342 g/mol. The molecule has 0 radical (unpaired) electrons. The summed E-state index contributed by atoms with van der Waals surface area (Å²) in [6, 6.07) is 11.1. The van der Waals surface area contributed by atoms with Gasteiger partial charge < -0.3 is 9.47 Å². The van der Waals surface area contributed by atoms with Crippen molar-refractivity contribution in [1.82, 2.24) is 0 Å². The second-order valence-electron chi connectivity index (χ2n) is 4.61. The van der Waals surface area contributed by atoms with Gasteiger partial charge in [0, 0.05) is 0 Å². The summed E-state index contributed by atoms with van der Waals surface area (Å²) >= 11 is 5.82. The van der Waals surface area contributed by atoms with Gasteiger partial charge in [-0.3, -0.25) is 0 Å². The molecule has 0 amide bonds. The Bertz CT molecular complexity index is 724. The lowest BCUT2D eigenvalue weighted by molar-refractivity contribution is -0.137. The van der Waals surface area contributed by atoms with E-state index in [9.17, 15) is 13.2 Å². The number of halogens is 4. The number of ether oxygens (including phenoxy) is 2. The fraction of sp³-hybridized carbons (Fsp3) is 0.188. The highest BCUT2D eigenvalue weighted by Gasteiger charge is 2.31. The highest BCUT2D eigenvalue weighted by molar-refractivity contribution is 6.32. The molecule has 7 heteroatoms. The zero-order valence-electron chi connectivity index (χ0n) is 11.9. The number of rotatable bonds is 4. The Labute approximate surface area is 135 Å². The summed E-state index contributed by atoms with van der Waals surface area (Å²) in [6.45, 7) is 1.60. The quantitative estimate of drug-likeness (QED) is 0.743. The van der Waals surface area contributed by atoms with Gasteiger partial charge >= 0.3 is 6.18 Å². The van der Waals surface area contributed by atoms with Gasteiger partial charge in [-0.2, -0.15) is 18.4 Å². The molecule has 2 aromatic carbocycles. The van der Waals surface area contributed by atoms with Crippen molar-refractivity contribution < 1.29 is 22.6 Å². The van der Waals surface area contributed by atoms with E-state index in [1.54, 1.807) is 31.2 Å². The average Bonchev–Trinajstić information content (AvgIpc) is 2.50. The lowest BCUT2D eigenvalue weighted by atomic mass is 10.2. The van der Waals surface area contributed by atoms with Gasteiger partial charge in [0.2, 0.25) is 0 Å². The van der Waals surface area contributed by atoms with E-state index in [1.807, 2.05) is 6.07 Å². The van der Waals surface area contributed by atoms with E-state index in [1.165, 1.54) is 0 Å². The molecule has 0 saturated carbocycles. The van der Waals surface area contributed by atoms with E-state index in [4.69, 9.17) is 26.3 Å². The Morgan fingerprint density at radius 1 is 1.09 bits per heavy atom. The van der Waals surface area contributed by atoms with Gasteiger partial charge in [-0.05, 0) is 49.4 Å². The Kier molecular flexibility index (Phi) is 5.02. The summed E-state index contributed by atoms with van der Waals surface area (Å²) in [6.07, 6.45) is -5.05. The maximum atomic E-state index is 12.6. The van der Waals surface area contributed by atoms with Crippen LogP contribution in [0.15, 0.2) is 42.5 Å². The van der Waals surface area contributed by atoms with Crippen LogP contribution in [0.25, 0.3) is 0 Å². The molecule has 0 heterocycles. The first-order chi connectivity index (χ1) is 10.8. The van der Waals surface area contributed by atoms with Crippen LogP contribution in [0.5, 0.6) is 17.2 Å². The van der Waals surface area contributed by atoms with Crippen LogP contribution in [0.1, 0.15) is 12.5 Å². The minimum absolute atomic E-state index is 0.110. The summed E-state index contributed by atoms with van der Waals surface area (Å²) in [5.74, 6) is 0.965. The number of alkyl halides is 3. The predicted molar refractivity (Wildman–Crippen MR) is 78.7 cm³/mol. The zero-order chi connectivity index (χ0) is 17.0. The summed E-state index contributed by atoms with van der Waals surface area (Å²) in [5.41, 5.74) is -0.843. The van der Waals surface area contributed by atoms with Crippen LogP contribution < -0.4 is 9.47 Å². The topological polar surface area (TPSA) is 42.2 Å². The van der Waals surface area contributed by atoms with Gasteiger partial charge in [0.25, 0.3) is 0 Å². The van der Waals surface area contributed by atoms with Crippen molar-refractivity contribution in [2.45, 2.75) is 19.2 Å². The Balaban J connectivity index is 2.12. The minimum atomic E-state index is -4.46. The first kappa shape index (κ1) is 17.0. The third-order valence-corrected chi connectivity index (χ3v) is 3.10. The number of hydrogen-bond donors (Lipinski definition) is 0. The molecule has 0 aromatic heterocycles. The molecular formula is C16H11ClF3NO2. The van der Waals surface area contributed by atoms with Gasteiger partial charge in [-0.15, -0.1) is 0 Å². The van der Waals surface area contributed by atoms with Crippen molar-refractivity contribution in [2.75, 3.05) is 0 Å². The molecule has 3 nitrogen and oxygen atoms in total. The van der Waals surface area contributed by atoms with Crippen LogP contribution in [0.3, 0.4) is 0 Å². The number of benzene rings is 2. The summed E-state index contributed by atoms with van der Waals surface area (Å²) < 4.78 is 48.4. The zero-order valence-corrected chi connectivity index (χ0v) is 12.7. The van der Waals surface area contributed by atoms with E-state index in [-0.39, 0.29) is 10.8 Å². The third-order valence-electron chi connectivity index (χ3n) is 2.81. The summed E-state index contributed by atoms with van der Waals surface area (Å²) in [7, 11) is 0. The van der Waals surface area contributed by atoms with Crippen molar-refractivity contribution in [1.29, 1.82) is 5.26 Å². The molecule has 1 atom stereocenters. The number of nitriles is 1. The van der Waals surface area contributed by atoms with Gasteiger partial charge in [-0.25, -0.2) is 0 Å². The van der Waals surface area contributed by atoms with E-state index >= 15 is 0 Å². The van der Waals surface area contributed by atoms with Crippen molar-refractivity contribution in [3.8, 4) is 23.3 Å². The van der Waals surface area contributed by atoms with Crippen molar-refractivity contribution >= 4 is 11.6 Å². The lowest BCUT2D eigenvalue weighted by Crippen LogP contribution is -2.07. The first-order valence-corrected chi connectivity index (χ1v) is 6.88. The molecule has 2 rings (SSSR count). The minimum Gasteiger partial charge on any atom is -0.476 e. The molecule has 0 bridgehead atoms. The molecule has 2 aromatic rings. The molecule has 23 heavy (non-hydrogen) atoms. The molecule has 0 aliphatic rings. The number of nitrogens with zero attached hydrogens (tertiary/aromatic N) is 1. The van der Waals surface area contributed by atoms with Crippen LogP contribution in [0.2, 0.25) is 5.02 Å². The molecule has 0 saturated heterocycles. The third kappa shape index (κ3) is 4.54. The van der Waals surface area contributed by atoms with Crippen molar-refractivity contribution in [2.24, 2.45) is 0 Å². The molecule has 1 unspecified atom stereocenters. The van der Waals surface area contributed by atoms with E-state index in [0.29, 0.717) is 11.5 Å². The maximum Gasteiger partial charge on any atom is 0.416 e. The van der Waals surface area contributed by atoms with Crippen LogP contribution in [0, 0.1) is 11.3 Å². The van der Waals surface area contributed by atoms with Crippen LogP contribution >= 0.6 is 11.6 Å². The summed E-state index contributed by atoms with van der Waals surface area (Å²) in [4.78, 5) is 0. The molecule has 120 valence electrons. The van der Waals surface area contributed by atoms with Crippen LogP contribution in [-0.2, 0) is 6.18 Å². The largest absolute Gasteiger partial charge is 0.476 e. The molecule has 0 fully saturated rings. The predicted octanol–water partition coefficient (Wildman–Crippen LogP) is 5.44. The second-order valence-corrected chi connectivity index (χ2v) is 5.01. The standard InChI is InChI=1S/C16H11ClF3NO2/c1-10(9-21)22-12-3-5-13(6-4-12)23-15-7-2-11(8-14(15)17)16(18,19)20/h2-8,10H,1H3. The SMILES string of the molecule is CC(C#N)Oc1ccc(Oc2ccc(C(F)(F)F)cc2Cl)cc1. The Hall–Kier alpha value is -2.39. The van der Waals surface area contributed by atoms with Crippen LogP contribution in [-0.4, -0.2) is 6.10 Å². The fourth-order valence-electron chi connectivity index (χ4n) is 1.70. The number of hydrogen-bond acceptors (Lipinski definition) is 3. The monoisotopic (exact) mass is 341 g/mol. The molecular weight excluding hydrogens is 331 g/mol. The van der Waals surface area contributed by atoms with Crippen LogP contribution in [0.4, 0.5) is 13.2 Å². The molecule has 0 spiro atoms. The molecule has 0 aliphatic carbocycles. The smallest absolute Gasteiger partial charge is 0.416 e. The van der Waals surface area contributed by atoms with Gasteiger partial charge in [0.05, 0.1) is 10.6 Å². The highest BCUT2D eigenvalue weighted by atomic mass is 35.5. The van der Waals surface area contributed by atoms with Gasteiger partial charge in [0.15, 0.2) is 6.10 Å². The lowest BCUT2D eigenvalue weighted by Gasteiger charge is -2.12. The molecule has 0 aliphatic heterocycles. The Morgan fingerprint density at radius 2 is 1.70 bits per heavy atom. The Morgan fingerprint density at radius 3 is 2.22 bits per heavy atom. The van der Waals surface area contributed by atoms with Crippen molar-refractivity contribution in [3.05, 3.63) is 53.1 Å². The first-order valence-electron chi connectivity index (χ1n) is 6.50. The van der Waals surface area contributed by atoms with E-state index < -0.39 is 17.8 Å². The van der Waals surface area contributed by atoms with Gasteiger partial charge in [-0.1, -0.05) is 11.6 Å². The van der Waals surface area contributed by atoms with E-state index in [0.717, 1.165) is 18.2 Å². The maximum absolute atomic E-state index is 12.6. The highest BCUT2D eigenvalue weighted by Crippen LogP contribution is 2.36. The normalized spacial score (nSPS) is 12.3. The van der Waals surface area contributed by atoms with Crippen molar-refractivity contribution in [3.63, 3.8) is 0 Å². The summed E-state index contributed by atoms with van der Waals surface area (Å²) in [5, 5.41) is 8.52. The van der Waals surface area contributed by atoms with Gasteiger partial charge in [0.1, 0.15) is 23.3 Å². The fourth-order valence-corrected chi connectivity index (χ4v) is 1.92. The van der Waals surface area contributed by atoms with E-state index in [2.05, 4.69) is 0 Å².